The molecule has 39 heavy (non-hydrogen) atoms. The SMILES string of the molecule is COC(=O)c1ccc(N(C)C)c(C#Cc2ccc(OCc3c(-c4c(Cl)cccc4Cl)noc3C3CC3)cc2)c1. The molecule has 0 atom stereocenters. The lowest BCUT2D eigenvalue weighted by Gasteiger charge is -2.15. The van der Waals surface area contributed by atoms with Crippen LogP contribution in [0.2, 0.25) is 10.0 Å². The first-order valence-corrected chi connectivity index (χ1v) is 13.2. The summed E-state index contributed by atoms with van der Waals surface area (Å²) in [7, 11) is 5.22. The summed E-state index contributed by atoms with van der Waals surface area (Å²) in [5.41, 5.74) is 5.02. The van der Waals surface area contributed by atoms with Crippen molar-refractivity contribution in [3.05, 3.63) is 98.7 Å². The Bertz CT molecular complexity index is 1560. The second kappa shape index (κ2) is 11.4. The molecule has 198 valence electrons. The van der Waals surface area contributed by atoms with E-state index >= 15 is 0 Å². The second-order valence-electron chi connectivity index (χ2n) is 9.43. The Morgan fingerprint density at radius 2 is 1.77 bits per heavy atom. The molecule has 0 saturated heterocycles. The van der Waals surface area contributed by atoms with Gasteiger partial charge in [-0.15, -0.1) is 0 Å². The molecular weight excluding hydrogens is 535 g/mol. The van der Waals surface area contributed by atoms with E-state index in [9.17, 15) is 4.79 Å². The molecule has 1 aliphatic carbocycles. The molecule has 0 radical (unpaired) electrons. The third-order valence-corrected chi connectivity index (χ3v) is 7.07. The first kappa shape index (κ1) is 26.7. The maximum atomic E-state index is 12.0. The Hall–Kier alpha value is -3.92. The van der Waals surface area contributed by atoms with Gasteiger partial charge in [0.05, 0.1) is 34.0 Å². The summed E-state index contributed by atoms with van der Waals surface area (Å²) in [5.74, 6) is 7.81. The van der Waals surface area contributed by atoms with E-state index in [0.717, 1.165) is 41.0 Å². The van der Waals surface area contributed by atoms with E-state index in [4.69, 9.17) is 37.2 Å². The van der Waals surface area contributed by atoms with Crippen LogP contribution >= 0.6 is 23.2 Å². The van der Waals surface area contributed by atoms with Crippen molar-refractivity contribution >= 4 is 34.9 Å². The molecule has 0 bridgehead atoms. The van der Waals surface area contributed by atoms with E-state index in [0.29, 0.717) is 38.5 Å². The van der Waals surface area contributed by atoms with Gasteiger partial charge in [0.15, 0.2) is 0 Å². The number of methoxy groups -OCH3 is 1. The number of benzene rings is 3. The van der Waals surface area contributed by atoms with Gasteiger partial charge in [0, 0.05) is 36.7 Å². The van der Waals surface area contributed by atoms with Crippen LogP contribution in [0.4, 0.5) is 5.69 Å². The van der Waals surface area contributed by atoms with Gasteiger partial charge in [-0.05, 0) is 67.4 Å². The number of ether oxygens (including phenoxy) is 2. The van der Waals surface area contributed by atoms with Gasteiger partial charge in [-0.2, -0.15) is 0 Å². The fourth-order valence-corrected chi connectivity index (χ4v) is 4.83. The summed E-state index contributed by atoms with van der Waals surface area (Å²) in [6, 6.07) is 18.2. The Kier molecular flexibility index (Phi) is 7.83. The minimum atomic E-state index is -0.400. The number of esters is 1. The lowest BCUT2D eigenvalue weighted by Crippen LogP contribution is -2.11. The zero-order chi connectivity index (χ0) is 27.5. The highest BCUT2D eigenvalue weighted by atomic mass is 35.5. The first-order valence-electron chi connectivity index (χ1n) is 12.4. The molecule has 8 heteroatoms. The van der Waals surface area contributed by atoms with Crippen LogP contribution in [0.3, 0.4) is 0 Å². The van der Waals surface area contributed by atoms with Gasteiger partial charge in [0.25, 0.3) is 0 Å². The number of hydrogen-bond acceptors (Lipinski definition) is 6. The van der Waals surface area contributed by atoms with Crippen molar-refractivity contribution in [1.82, 2.24) is 5.16 Å². The van der Waals surface area contributed by atoms with Crippen molar-refractivity contribution in [2.24, 2.45) is 0 Å². The number of hydrogen-bond donors (Lipinski definition) is 0. The normalized spacial score (nSPS) is 12.4. The molecule has 4 aromatic rings. The van der Waals surface area contributed by atoms with E-state index < -0.39 is 5.97 Å². The molecular formula is C31H26Cl2N2O4. The van der Waals surface area contributed by atoms with Crippen LogP contribution in [0.15, 0.2) is 65.2 Å². The minimum Gasteiger partial charge on any atom is -0.489 e. The second-order valence-corrected chi connectivity index (χ2v) is 10.2. The first-order chi connectivity index (χ1) is 18.9. The highest BCUT2D eigenvalue weighted by Gasteiger charge is 2.33. The molecule has 0 spiro atoms. The average Bonchev–Trinajstić information content (AvgIpc) is 3.70. The molecule has 0 unspecified atom stereocenters. The van der Waals surface area contributed by atoms with Crippen LogP contribution in [0.25, 0.3) is 11.3 Å². The molecule has 0 N–H and O–H groups in total. The standard InChI is InChI=1S/C31H26Cl2N2O4/c1-35(2)27-16-13-22(31(36)37-3)17-21(27)10-7-19-8-14-23(15-9-19)38-18-24-29(34-39-30(24)20-11-12-20)28-25(32)5-4-6-26(28)33/h4-6,8-9,13-17,20H,11-12,18H2,1-3H3. The van der Waals surface area contributed by atoms with Crippen LogP contribution in [-0.4, -0.2) is 32.3 Å². The van der Waals surface area contributed by atoms with Crippen molar-refractivity contribution in [3.63, 3.8) is 0 Å². The summed E-state index contributed by atoms with van der Waals surface area (Å²) in [6.45, 7) is 0.268. The van der Waals surface area contributed by atoms with Gasteiger partial charge in [-0.1, -0.05) is 46.3 Å². The van der Waals surface area contributed by atoms with E-state index in [1.165, 1.54) is 7.11 Å². The van der Waals surface area contributed by atoms with E-state index in [1.54, 1.807) is 30.3 Å². The highest BCUT2D eigenvalue weighted by molar-refractivity contribution is 6.39. The largest absolute Gasteiger partial charge is 0.489 e. The fourth-order valence-electron chi connectivity index (χ4n) is 4.25. The Morgan fingerprint density at radius 3 is 2.41 bits per heavy atom. The third kappa shape index (κ3) is 5.90. The summed E-state index contributed by atoms with van der Waals surface area (Å²) in [6.07, 6.45) is 2.12. The van der Waals surface area contributed by atoms with Crippen molar-refractivity contribution < 1.29 is 18.8 Å². The van der Waals surface area contributed by atoms with Crippen LogP contribution in [0, 0.1) is 11.8 Å². The van der Waals surface area contributed by atoms with Gasteiger partial charge in [-0.25, -0.2) is 4.79 Å². The maximum absolute atomic E-state index is 12.0. The maximum Gasteiger partial charge on any atom is 0.337 e. The summed E-state index contributed by atoms with van der Waals surface area (Å²) >= 11 is 12.9. The van der Waals surface area contributed by atoms with Gasteiger partial charge >= 0.3 is 5.97 Å². The van der Waals surface area contributed by atoms with E-state index in [-0.39, 0.29) is 6.61 Å². The van der Waals surface area contributed by atoms with Crippen molar-refractivity contribution in [3.8, 4) is 28.8 Å². The molecule has 1 aliphatic rings. The molecule has 1 heterocycles. The number of carbonyl (C=O) groups excluding carboxylic acids is 1. The molecule has 0 aliphatic heterocycles. The fraction of sp³-hybridized carbons (Fsp3) is 0.226. The summed E-state index contributed by atoms with van der Waals surface area (Å²) in [5, 5.41) is 5.34. The third-order valence-electron chi connectivity index (χ3n) is 6.44. The Morgan fingerprint density at radius 1 is 1.05 bits per heavy atom. The van der Waals surface area contributed by atoms with Crippen LogP contribution in [0.5, 0.6) is 5.75 Å². The molecule has 3 aromatic carbocycles. The number of aromatic nitrogens is 1. The zero-order valence-electron chi connectivity index (χ0n) is 21.8. The Labute approximate surface area is 237 Å². The molecule has 1 aromatic heterocycles. The van der Waals surface area contributed by atoms with Crippen molar-refractivity contribution in [2.45, 2.75) is 25.4 Å². The quantitative estimate of drug-likeness (QED) is 0.174. The minimum absolute atomic E-state index is 0.268. The lowest BCUT2D eigenvalue weighted by atomic mass is 10.0. The Balaban J connectivity index is 1.36. The average molecular weight is 561 g/mol. The van der Waals surface area contributed by atoms with E-state index in [1.807, 2.05) is 49.3 Å². The molecule has 6 nitrogen and oxygen atoms in total. The predicted octanol–water partition coefficient (Wildman–Crippen LogP) is 7.36. The van der Waals surface area contributed by atoms with E-state index in [2.05, 4.69) is 17.0 Å². The monoisotopic (exact) mass is 560 g/mol. The van der Waals surface area contributed by atoms with Gasteiger partial charge in [0.1, 0.15) is 23.8 Å². The van der Waals surface area contributed by atoms with Crippen LogP contribution < -0.4 is 9.64 Å². The number of nitrogens with zero attached hydrogens (tertiary/aromatic N) is 2. The molecule has 5 rings (SSSR count). The number of anilines is 1. The van der Waals surface area contributed by atoms with Gasteiger partial charge in [-0.3, -0.25) is 0 Å². The lowest BCUT2D eigenvalue weighted by molar-refractivity contribution is 0.0600. The topological polar surface area (TPSA) is 64.8 Å². The van der Waals surface area contributed by atoms with Crippen molar-refractivity contribution in [2.75, 3.05) is 26.1 Å². The molecule has 0 amide bonds. The number of carbonyl (C=O) groups is 1. The summed E-state index contributed by atoms with van der Waals surface area (Å²) in [4.78, 5) is 13.9. The molecule has 1 saturated carbocycles. The van der Waals surface area contributed by atoms with Crippen molar-refractivity contribution in [1.29, 1.82) is 0 Å². The number of halogens is 2. The molecule has 1 fully saturated rings. The summed E-state index contributed by atoms with van der Waals surface area (Å²) < 4.78 is 16.7. The van der Waals surface area contributed by atoms with Gasteiger partial charge < -0.3 is 18.9 Å². The predicted molar refractivity (Wildman–Crippen MR) is 153 cm³/mol. The number of rotatable bonds is 7. The highest BCUT2D eigenvalue weighted by Crippen LogP contribution is 2.46. The van der Waals surface area contributed by atoms with Crippen LogP contribution in [-0.2, 0) is 11.3 Å². The van der Waals surface area contributed by atoms with Gasteiger partial charge in [0.2, 0.25) is 0 Å². The van der Waals surface area contributed by atoms with Crippen LogP contribution in [0.1, 0.15) is 51.6 Å². The smallest absolute Gasteiger partial charge is 0.337 e. The zero-order valence-corrected chi connectivity index (χ0v) is 23.3.